The normalized spacial score (nSPS) is 28.2. The highest BCUT2D eigenvalue weighted by Gasteiger charge is 2.72. The van der Waals surface area contributed by atoms with Gasteiger partial charge in [0, 0.05) is 18.0 Å². The zero-order chi connectivity index (χ0) is 32.1. The maximum Gasteiger partial charge on any atom is 0.348 e. The van der Waals surface area contributed by atoms with Crippen molar-refractivity contribution in [1.29, 1.82) is 0 Å². The number of carbonyl (C=O) groups is 5. The number of aliphatic carboxylic acids is 2. The number of aliphatic hydroxyl groups excluding tert-OH is 1. The van der Waals surface area contributed by atoms with Gasteiger partial charge in [-0.25, -0.2) is 14.4 Å². The number of aliphatic hydroxyl groups is 2. The van der Waals surface area contributed by atoms with E-state index in [1.807, 2.05) is 13.1 Å². The maximum atomic E-state index is 13.2. The maximum absolute atomic E-state index is 13.2. The number of nitrogens with zero attached hydrogens (tertiary/aromatic N) is 1. The molecule has 238 valence electrons. The second-order valence-corrected chi connectivity index (χ2v) is 11.4. The van der Waals surface area contributed by atoms with Crippen molar-refractivity contribution in [3.8, 4) is 11.5 Å². The number of piperidine rings is 1. The van der Waals surface area contributed by atoms with E-state index in [0.717, 1.165) is 18.1 Å². The number of esters is 3. The number of likely N-dealkylation sites (N-methyl/N-ethyl adjacent to an activating group) is 1. The van der Waals surface area contributed by atoms with Crippen molar-refractivity contribution in [3.05, 3.63) is 35.1 Å². The summed E-state index contributed by atoms with van der Waals surface area (Å²) in [6.07, 6.45) is -6.27. The van der Waals surface area contributed by atoms with Crippen LogP contribution in [0.3, 0.4) is 0 Å². The Labute approximate surface area is 250 Å². The van der Waals surface area contributed by atoms with Crippen molar-refractivity contribution >= 4 is 29.8 Å². The molecule has 7 atom stereocenters. The van der Waals surface area contributed by atoms with Gasteiger partial charge in [0.05, 0.1) is 31.0 Å². The third-order valence-electron chi connectivity index (χ3n) is 8.90. The zero-order valence-corrected chi connectivity index (χ0v) is 24.2. The van der Waals surface area contributed by atoms with Crippen molar-refractivity contribution in [2.45, 2.75) is 80.5 Å². The van der Waals surface area contributed by atoms with Gasteiger partial charge in [0.1, 0.15) is 11.9 Å². The van der Waals surface area contributed by atoms with Gasteiger partial charge in [0.2, 0.25) is 12.2 Å². The van der Waals surface area contributed by atoms with Crippen molar-refractivity contribution in [2.24, 2.45) is 0 Å². The van der Waals surface area contributed by atoms with Gasteiger partial charge in [0.15, 0.2) is 17.6 Å². The van der Waals surface area contributed by atoms with Crippen molar-refractivity contribution < 1.29 is 68.1 Å². The van der Waals surface area contributed by atoms with Crippen LogP contribution in [0.25, 0.3) is 0 Å². The molecule has 0 unspecified atom stereocenters. The highest BCUT2D eigenvalue weighted by Crippen LogP contribution is 2.65. The third kappa shape index (κ3) is 4.94. The molecule has 15 nitrogen and oxygen atoms in total. The number of likely N-dealkylation sites (tertiary alicyclic amines) is 1. The van der Waals surface area contributed by atoms with Gasteiger partial charge in [-0.05, 0) is 51.1 Å². The first-order valence-corrected chi connectivity index (χ1v) is 14.0. The Bertz CT molecular complexity index is 1440. The minimum atomic E-state index is -2.14. The molecule has 0 saturated carbocycles. The molecule has 44 heavy (non-hydrogen) atoms. The number of methoxy groups -OCH3 is 1. The predicted octanol–water partition coefficient (Wildman–Crippen LogP) is -0.330. The summed E-state index contributed by atoms with van der Waals surface area (Å²) in [6.45, 7) is 1.66. The van der Waals surface area contributed by atoms with Gasteiger partial charge in [-0.2, -0.15) is 0 Å². The third-order valence-corrected chi connectivity index (χ3v) is 8.90. The summed E-state index contributed by atoms with van der Waals surface area (Å²) in [5.74, 6) is -6.38. The first-order valence-electron chi connectivity index (χ1n) is 14.0. The van der Waals surface area contributed by atoms with E-state index in [0.29, 0.717) is 30.9 Å². The van der Waals surface area contributed by atoms with Crippen LogP contribution in [0.4, 0.5) is 0 Å². The number of ether oxygens (including phenoxy) is 5. The lowest BCUT2D eigenvalue weighted by molar-refractivity contribution is -0.184. The van der Waals surface area contributed by atoms with Crippen LogP contribution in [0.2, 0.25) is 0 Å². The summed E-state index contributed by atoms with van der Waals surface area (Å²) in [5, 5.41) is 40.0. The van der Waals surface area contributed by atoms with Gasteiger partial charge in [-0.3, -0.25) is 9.59 Å². The van der Waals surface area contributed by atoms with Crippen LogP contribution in [-0.2, 0) is 50.0 Å². The van der Waals surface area contributed by atoms with Crippen molar-refractivity contribution in [3.63, 3.8) is 0 Å². The van der Waals surface area contributed by atoms with Crippen LogP contribution in [-0.4, -0.2) is 112 Å². The van der Waals surface area contributed by atoms with Gasteiger partial charge < -0.3 is 49.0 Å². The number of carboxylic acid groups (broad SMARTS) is 2. The van der Waals surface area contributed by atoms with Gasteiger partial charge in [-0.1, -0.05) is 6.07 Å². The summed E-state index contributed by atoms with van der Waals surface area (Å²) in [5.41, 5.74) is -0.505. The second-order valence-electron chi connectivity index (χ2n) is 11.4. The molecule has 1 aromatic rings. The van der Waals surface area contributed by atoms with E-state index in [1.165, 1.54) is 7.11 Å². The largest absolute Gasteiger partial charge is 0.493 e. The number of carboxylic acids is 2. The molecule has 0 amide bonds. The van der Waals surface area contributed by atoms with E-state index >= 15 is 0 Å². The van der Waals surface area contributed by atoms with E-state index in [9.17, 15) is 39.3 Å². The van der Waals surface area contributed by atoms with E-state index in [4.69, 9.17) is 28.8 Å². The first kappa shape index (κ1) is 31.2. The molecule has 2 aliphatic heterocycles. The van der Waals surface area contributed by atoms with E-state index in [-0.39, 0.29) is 18.2 Å². The number of carbonyl (C=O) groups excluding carboxylic acids is 3. The molecule has 1 fully saturated rings. The zero-order valence-electron chi connectivity index (χ0n) is 24.2. The van der Waals surface area contributed by atoms with E-state index in [2.05, 4.69) is 4.90 Å². The predicted molar refractivity (Wildman–Crippen MR) is 144 cm³/mol. The lowest BCUT2D eigenvalue weighted by Crippen LogP contribution is -2.74. The minimum absolute atomic E-state index is 0.0531. The molecule has 1 spiro atoms. The molecule has 0 aromatic heterocycles. The number of rotatable bonds is 11. The molecule has 2 bridgehead atoms. The van der Waals surface area contributed by atoms with Crippen LogP contribution < -0.4 is 9.47 Å². The highest BCUT2D eigenvalue weighted by molar-refractivity contribution is 5.88. The van der Waals surface area contributed by atoms with Crippen LogP contribution in [0.15, 0.2) is 24.0 Å². The Kier molecular flexibility index (Phi) is 8.07. The average molecular weight is 620 g/mol. The Morgan fingerprint density at radius 2 is 1.80 bits per heavy atom. The van der Waals surface area contributed by atoms with Crippen LogP contribution in [0.5, 0.6) is 11.5 Å². The molecule has 1 aromatic carbocycles. The van der Waals surface area contributed by atoms with Crippen molar-refractivity contribution in [1.82, 2.24) is 4.90 Å². The summed E-state index contributed by atoms with van der Waals surface area (Å²) >= 11 is 0. The smallest absolute Gasteiger partial charge is 0.348 e. The Balaban J connectivity index is 1.42. The molecule has 0 radical (unpaired) electrons. The monoisotopic (exact) mass is 619 g/mol. The van der Waals surface area contributed by atoms with Crippen LogP contribution in [0, 0.1) is 0 Å². The van der Waals surface area contributed by atoms with Gasteiger partial charge >= 0.3 is 29.8 Å². The molecular weight excluding hydrogens is 586 g/mol. The summed E-state index contributed by atoms with van der Waals surface area (Å²) in [6, 6.07) is 3.45. The standard InChI is InChI=1S/C29H33NO14/c1-13(31)26(37)43-18(27(38)42-17(25(35)36)11-20(32)33)12-21(34)41-16-6-7-29(39)19-10-14-4-5-15(40-3)23-22(14)28(29,24(16)44-23)8-9-30(19)2/h4-6,13,17-19,24,31,39H,7-12H2,1-3H3,(H,32,33)(H,35,36)/t13-,17+,18-,19-,24-,28-,29+/m0/s1. The lowest BCUT2D eigenvalue weighted by atomic mass is 9.50. The van der Waals surface area contributed by atoms with Crippen molar-refractivity contribution in [2.75, 3.05) is 20.7 Å². The fourth-order valence-corrected chi connectivity index (χ4v) is 6.88. The Hall–Kier alpha value is -4.21. The quantitative estimate of drug-likeness (QED) is 0.184. The van der Waals surface area contributed by atoms with Gasteiger partial charge in [-0.15, -0.1) is 0 Å². The molecule has 1 saturated heterocycles. The molecule has 4 N–H and O–H groups in total. The fraction of sp³-hybridized carbons (Fsp3) is 0.552. The Morgan fingerprint density at radius 3 is 2.43 bits per heavy atom. The molecule has 5 rings (SSSR count). The second kappa shape index (κ2) is 11.4. The van der Waals surface area contributed by atoms with Crippen LogP contribution >= 0.6 is 0 Å². The van der Waals surface area contributed by atoms with Crippen LogP contribution in [0.1, 0.15) is 43.7 Å². The van der Waals surface area contributed by atoms with E-state index in [1.54, 1.807) is 12.1 Å². The molecule has 2 heterocycles. The minimum Gasteiger partial charge on any atom is -0.493 e. The summed E-state index contributed by atoms with van der Waals surface area (Å²) < 4.78 is 27.3. The number of benzene rings is 1. The van der Waals surface area contributed by atoms with Gasteiger partial charge in [0.25, 0.3) is 0 Å². The topological polar surface area (TPSA) is 216 Å². The fourth-order valence-electron chi connectivity index (χ4n) is 6.88. The molecular formula is C29H33NO14. The SMILES string of the molecule is COc1ccc2c3c1O[C@H]1C(OC(=O)C[C@H](OC(=O)[C@H](C)O)C(=O)O[C@H](CC(=O)O)C(=O)O)=CC[C@@]4(O)[C@H](C2)N(C)CC[C@]314. The number of hydrogen-bond acceptors (Lipinski definition) is 13. The van der Waals surface area contributed by atoms with E-state index < -0.39 is 78.1 Å². The molecule has 15 heteroatoms. The lowest BCUT2D eigenvalue weighted by Gasteiger charge is -2.61. The summed E-state index contributed by atoms with van der Waals surface area (Å²) in [4.78, 5) is 62.7. The number of hydrogen-bond donors (Lipinski definition) is 4. The Morgan fingerprint density at radius 1 is 1.09 bits per heavy atom. The molecule has 2 aliphatic carbocycles. The summed E-state index contributed by atoms with van der Waals surface area (Å²) in [7, 11) is 3.43. The molecule has 4 aliphatic rings. The first-order chi connectivity index (χ1) is 20.7. The highest BCUT2D eigenvalue weighted by atomic mass is 16.6. The average Bonchev–Trinajstić information content (AvgIpc) is 3.31.